The first-order valence-electron chi connectivity index (χ1n) is 7.98. The number of halogens is 1. The molecule has 2 unspecified atom stereocenters. The van der Waals surface area contributed by atoms with Crippen molar-refractivity contribution in [3.05, 3.63) is 28.2 Å². The maximum absolute atomic E-state index is 11.4. The average molecular weight is 383 g/mol. The highest BCUT2D eigenvalue weighted by molar-refractivity contribution is 9.10. The van der Waals surface area contributed by atoms with Gasteiger partial charge in [-0.3, -0.25) is 4.79 Å². The largest absolute Gasteiger partial charge is 0.343 e. The summed E-state index contributed by atoms with van der Waals surface area (Å²) in [6.45, 7) is 5.77. The Kier molecular flexibility index (Phi) is 5.15. The number of benzene rings is 1. The zero-order valence-corrected chi connectivity index (χ0v) is 15.5. The van der Waals surface area contributed by atoms with E-state index in [1.54, 1.807) is 6.92 Å². The van der Waals surface area contributed by atoms with Crippen LogP contribution in [0.25, 0.3) is 0 Å². The minimum atomic E-state index is 0.204. The maximum Gasteiger partial charge on any atom is 0.219 e. The lowest BCUT2D eigenvalue weighted by atomic mass is 9.92. The summed E-state index contributed by atoms with van der Waals surface area (Å²) in [5, 5.41) is 3.88. The van der Waals surface area contributed by atoms with Crippen LogP contribution in [0.5, 0.6) is 0 Å². The molecule has 120 valence electrons. The molecule has 0 radical (unpaired) electrons. The molecule has 1 amide bonds. The number of nitrogens with one attached hydrogen (secondary N) is 1. The van der Waals surface area contributed by atoms with E-state index < -0.39 is 0 Å². The van der Waals surface area contributed by atoms with Gasteiger partial charge in [0.25, 0.3) is 0 Å². The normalized spacial score (nSPS) is 25.9. The highest BCUT2D eigenvalue weighted by atomic mass is 79.9. The van der Waals surface area contributed by atoms with Crippen molar-refractivity contribution in [2.45, 2.75) is 43.7 Å². The quantitative estimate of drug-likeness (QED) is 0.843. The van der Waals surface area contributed by atoms with Gasteiger partial charge in [0.15, 0.2) is 0 Å². The van der Waals surface area contributed by atoms with E-state index in [2.05, 4.69) is 46.4 Å². The topological polar surface area (TPSA) is 32.3 Å². The van der Waals surface area contributed by atoms with E-state index in [1.807, 2.05) is 16.7 Å². The van der Waals surface area contributed by atoms with E-state index in [0.29, 0.717) is 18.0 Å². The van der Waals surface area contributed by atoms with Crippen molar-refractivity contribution in [2.24, 2.45) is 5.92 Å². The Morgan fingerprint density at radius 2 is 2.09 bits per heavy atom. The number of likely N-dealkylation sites (tertiary alicyclic amines) is 1. The van der Waals surface area contributed by atoms with Gasteiger partial charge in [0.05, 0.1) is 0 Å². The van der Waals surface area contributed by atoms with Gasteiger partial charge in [-0.25, -0.2) is 0 Å². The maximum atomic E-state index is 11.4. The van der Waals surface area contributed by atoms with E-state index in [0.717, 1.165) is 30.4 Å². The van der Waals surface area contributed by atoms with Crippen molar-refractivity contribution >= 4 is 33.6 Å². The van der Waals surface area contributed by atoms with Gasteiger partial charge in [-0.2, -0.15) is 0 Å². The van der Waals surface area contributed by atoms with Crippen molar-refractivity contribution in [3.8, 4) is 0 Å². The standard InChI is InChI=1S/C17H23BrN2OS/c1-11-10-22-16-4-3-13(18)9-15(16)17(11)19-14-5-7-20(8-6-14)12(2)21/h3-4,9,11,14,17,19H,5-8,10H2,1-2H3. The van der Waals surface area contributed by atoms with Crippen LogP contribution in [0.2, 0.25) is 0 Å². The highest BCUT2D eigenvalue weighted by Crippen LogP contribution is 2.41. The summed E-state index contributed by atoms with van der Waals surface area (Å²) < 4.78 is 1.15. The molecule has 1 saturated heterocycles. The smallest absolute Gasteiger partial charge is 0.219 e. The predicted octanol–water partition coefficient (Wildman–Crippen LogP) is 3.83. The van der Waals surface area contributed by atoms with Crippen LogP contribution in [0.1, 0.15) is 38.3 Å². The van der Waals surface area contributed by atoms with Gasteiger partial charge >= 0.3 is 0 Å². The molecule has 2 atom stereocenters. The van der Waals surface area contributed by atoms with Gasteiger partial charge in [-0.15, -0.1) is 11.8 Å². The number of carbonyl (C=O) groups excluding carboxylic acids is 1. The Morgan fingerprint density at radius 1 is 1.36 bits per heavy atom. The third kappa shape index (κ3) is 3.52. The fourth-order valence-electron chi connectivity index (χ4n) is 3.39. The van der Waals surface area contributed by atoms with Crippen molar-refractivity contribution in [1.82, 2.24) is 10.2 Å². The van der Waals surface area contributed by atoms with E-state index in [-0.39, 0.29) is 5.91 Å². The Morgan fingerprint density at radius 3 is 2.77 bits per heavy atom. The molecular formula is C17H23BrN2OS. The summed E-state index contributed by atoms with van der Waals surface area (Å²) in [4.78, 5) is 14.8. The first-order valence-corrected chi connectivity index (χ1v) is 9.76. The number of hydrogen-bond donors (Lipinski definition) is 1. The Hall–Kier alpha value is -0.520. The van der Waals surface area contributed by atoms with E-state index in [4.69, 9.17) is 0 Å². The van der Waals surface area contributed by atoms with Crippen LogP contribution in [-0.2, 0) is 4.79 Å². The summed E-state index contributed by atoms with van der Waals surface area (Å²) in [5.41, 5.74) is 1.42. The fourth-order valence-corrected chi connectivity index (χ4v) is 4.92. The second-order valence-corrected chi connectivity index (χ2v) is 8.37. The number of rotatable bonds is 2. The average Bonchev–Trinajstić information content (AvgIpc) is 2.51. The lowest BCUT2D eigenvalue weighted by Gasteiger charge is -2.38. The van der Waals surface area contributed by atoms with Gasteiger partial charge in [0, 0.05) is 47.2 Å². The number of thioether (sulfide) groups is 1. The Balaban J connectivity index is 1.70. The predicted molar refractivity (Wildman–Crippen MR) is 95.2 cm³/mol. The molecule has 22 heavy (non-hydrogen) atoms. The molecule has 3 rings (SSSR count). The van der Waals surface area contributed by atoms with Crippen molar-refractivity contribution in [3.63, 3.8) is 0 Å². The molecule has 2 heterocycles. The molecule has 1 N–H and O–H groups in total. The summed E-state index contributed by atoms with van der Waals surface area (Å²) in [7, 11) is 0. The first-order chi connectivity index (χ1) is 10.5. The number of piperidine rings is 1. The van der Waals surface area contributed by atoms with Crippen LogP contribution in [0.15, 0.2) is 27.6 Å². The third-order valence-electron chi connectivity index (χ3n) is 4.73. The van der Waals surface area contributed by atoms with E-state index in [9.17, 15) is 4.79 Å². The second kappa shape index (κ2) is 6.93. The lowest BCUT2D eigenvalue weighted by Crippen LogP contribution is -2.46. The van der Waals surface area contributed by atoms with Crippen molar-refractivity contribution in [1.29, 1.82) is 0 Å². The van der Waals surface area contributed by atoms with Crippen molar-refractivity contribution in [2.75, 3.05) is 18.8 Å². The molecule has 0 saturated carbocycles. The monoisotopic (exact) mass is 382 g/mol. The van der Waals surface area contributed by atoms with Gasteiger partial charge in [-0.05, 0) is 42.5 Å². The number of hydrogen-bond acceptors (Lipinski definition) is 3. The van der Waals surface area contributed by atoms with Crippen LogP contribution in [0.4, 0.5) is 0 Å². The Labute approximate surface area is 145 Å². The molecule has 0 spiro atoms. The van der Waals surface area contributed by atoms with Gasteiger partial charge < -0.3 is 10.2 Å². The zero-order chi connectivity index (χ0) is 15.7. The number of nitrogens with zero attached hydrogens (tertiary/aromatic N) is 1. The zero-order valence-electron chi connectivity index (χ0n) is 13.1. The molecule has 2 aliphatic rings. The number of carbonyl (C=O) groups is 1. The molecule has 2 aliphatic heterocycles. The highest BCUT2D eigenvalue weighted by Gasteiger charge is 2.30. The van der Waals surface area contributed by atoms with Gasteiger partial charge in [0.2, 0.25) is 5.91 Å². The molecule has 3 nitrogen and oxygen atoms in total. The molecule has 0 aromatic heterocycles. The summed E-state index contributed by atoms with van der Waals surface area (Å²) in [6, 6.07) is 7.55. The summed E-state index contributed by atoms with van der Waals surface area (Å²) >= 11 is 5.57. The molecular weight excluding hydrogens is 360 g/mol. The molecule has 1 aromatic rings. The second-order valence-electron chi connectivity index (χ2n) is 6.40. The molecule has 1 fully saturated rings. The molecule has 1 aromatic carbocycles. The van der Waals surface area contributed by atoms with Crippen LogP contribution in [0.3, 0.4) is 0 Å². The van der Waals surface area contributed by atoms with Crippen LogP contribution < -0.4 is 5.32 Å². The minimum Gasteiger partial charge on any atom is -0.343 e. The van der Waals surface area contributed by atoms with Crippen LogP contribution >= 0.6 is 27.7 Å². The van der Waals surface area contributed by atoms with E-state index >= 15 is 0 Å². The molecule has 5 heteroatoms. The summed E-state index contributed by atoms with van der Waals surface area (Å²) in [5.74, 6) is 1.99. The van der Waals surface area contributed by atoms with E-state index in [1.165, 1.54) is 16.2 Å². The fraction of sp³-hybridized carbons (Fsp3) is 0.588. The number of amides is 1. The van der Waals surface area contributed by atoms with Crippen molar-refractivity contribution < 1.29 is 4.79 Å². The SMILES string of the molecule is CC(=O)N1CCC(NC2c3cc(Br)ccc3SCC2C)CC1. The first kappa shape index (κ1) is 16.3. The molecule has 0 bridgehead atoms. The minimum absolute atomic E-state index is 0.204. The number of fused-ring (bicyclic) bond motifs is 1. The molecule has 0 aliphatic carbocycles. The van der Waals surface area contributed by atoms with Gasteiger partial charge in [0.1, 0.15) is 0 Å². The van der Waals surface area contributed by atoms with Gasteiger partial charge in [-0.1, -0.05) is 22.9 Å². The third-order valence-corrected chi connectivity index (χ3v) is 6.60. The van der Waals surface area contributed by atoms with Crippen LogP contribution in [0, 0.1) is 5.92 Å². The lowest BCUT2D eigenvalue weighted by molar-refractivity contribution is -0.129. The summed E-state index contributed by atoms with van der Waals surface area (Å²) in [6.07, 6.45) is 2.11. The Bertz CT molecular complexity index is 558. The van der Waals surface area contributed by atoms with Crippen LogP contribution in [-0.4, -0.2) is 35.7 Å².